The minimum atomic E-state index is -0.682. The van der Waals surface area contributed by atoms with Gasteiger partial charge in [0.05, 0.1) is 31.6 Å². The van der Waals surface area contributed by atoms with Crippen LogP contribution < -0.4 is 10.1 Å². The van der Waals surface area contributed by atoms with Gasteiger partial charge in [0.25, 0.3) is 5.91 Å². The Balaban J connectivity index is 1.65. The van der Waals surface area contributed by atoms with E-state index in [-0.39, 0.29) is 24.6 Å². The average Bonchev–Trinajstić information content (AvgIpc) is 3.43. The van der Waals surface area contributed by atoms with Crippen molar-refractivity contribution in [3.63, 3.8) is 0 Å². The zero-order valence-corrected chi connectivity index (χ0v) is 21.7. The summed E-state index contributed by atoms with van der Waals surface area (Å²) in [5.74, 6) is 0.327. The molecule has 2 aliphatic rings. The molecule has 2 aromatic rings. The Morgan fingerprint density at radius 1 is 1.16 bits per heavy atom. The minimum Gasteiger partial charge on any atom is -0.497 e. The molecule has 2 unspecified atom stereocenters. The third-order valence-electron chi connectivity index (χ3n) is 6.75. The second-order valence-electron chi connectivity index (χ2n) is 9.04. The first kappa shape index (κ1) is 26.3. The van der Waals surface area contributed by atoms with E-state index in [4.69, 9.17) is 13.9 Å². The number of esters is 1. The Morgan fingerprint density at radius 3 is 2.62 bits per heavy atom. The molecule has 1 aromatic heterocycles. The molecule has 0 spiro atoms. The number of carbonyl (C=O) groups excluding carboxylic acids is 3. The second kappa shape index (κ2) is 11.5. The van der Waals surface area contributed by atoms with Crippen molar-refractivity contribution >= 4 is 17.9 Å². The molecule has 10 heteroatoms. The lowest BCUT2D eigenvalue weighted by atomic mass is 9.93. The van der Waals surface area contributed by atoms with E-state index in [1.807, 2.05) is 38.1 Å². The van der Waals surface area contributed by atoms with Crippen molar-refractivity contribution in [1.29, 1.82) is 0 Å². The van der Waals surface area contributed by atoms with Gasteiger partial charge in [-0.3, -0.25) is 14.6 Å². The SMILES string of the molecule is CCOC(=O)C1=C(CN2CCN(C(=O)c3ccco3)C(C)C2)N(CC)C(=O)NC1c1cccc(OC)c1. The van der Waals surface area contributed by atoms with E-state index in [2.05, 4.69) is 10.2 Å². The lowest BCUT2D eigenvalue weighted by Crippen LogP contribution is -2.56. The van der Waals surface area contributed by atoms with Gasteiger partial charge in [-0.2, -0.15) is 0 Å². The number of methoxy groups -OCH3 is 1. The summed E-state index contributed by atoms with van der Waals surface area (Å²) >= 11 is 0. The van der Waals surface area contributed by atoms with Crippen molar-refractivity contribution < 1.29 is 28.3 Å². The second-order valence-corrected chi connectivity index (χ2v) is 9.04. The zero-order chi connectivity index (χ0) is 26.5. The van der Waals surface area contributed by atoms with Crippen LogP contribution >= 0.6 is 0 Å². The van der Waals surface area contributed by atoms with Crippen LogP contribution in [-0.4, -0.2) is 85.1 Å². The molecule has 10 nitrogen and oxygen atoms in total. The molecule has 0 saturated carbocycles. The molecule has 198 valence electrons. The van der Waals surface area contributed by atoms with Crippen LogP contribution in [0.1, 0.15) is 42.9 Å². The van der Waals surface area contributed by atoms with Crippen LogP contribution in [0.3, 0.4) is 0 Å². The topological polar surface area (TPSA) is 105 Å². The van der Waals surface area contributed by atoms with E-state index in [1.54, 1.807) is 36.0 Å². The van der Waals surface area contributed by atoms with Gasteiger partial charge in [0.1, 0.15) is 5.75 Å². The van der Waals surface area contributed by atoms with E-state index in [1.165, 1.54) is 6.26 Å². The van der Waals surface area contributed by atoms with Gasteiger partial charge in [0.15, 0.2) is 5.76 Å². The van der Waals surface area contributed by atoms with Crippen LogP contribution in [0.2, 0.25) is 0 Å². The van der Waals surface area contributed by atoms with Crippen molar-refractivity contribution in [2.75, 3.05) is 46.4 Å². The fraction of sp³-hybridized carbons (Fsp3) is 0.444. The predicted molar refractivity (Wildman–Crippen MR) is 136 cm³/mol. The number of nitrogens with one attached hydrogen (secondary N) is 1. The molecule has 1 fully saturated rings. The fourth-order valence-electron chi connectivity index (χ4n) is 4.96. The molecule has 2 atom stereocenters. The molecule has 37 heavy (non-hydrogen) atoms. The first-order valence-corrected chi connectivity index (χ1v) is 12.6. The molecule has 1 saturated heterocycles. The van der Waals surface area contributed by atoms with Crippen molar-refractivity contribution in [2.24, 2.45) is 0 Å². The third-order valence-corrected chi connectivity index (χ3v) is 6.75. The van der Waals surface area contributed by atoms with Crippen LogP contribution in [0.15, 0.2) is 58.3 Å². The number of rotatable bonds is 8. The summed E-state index contributed by atoms with van der Waals surface area (Å²) in [6.45, 7) is 8.24. The molecular formula is C27H34N4O6. The lowest BCUT2D eigenvalue weighted by Gasteiger charge is -2.42. The Kier molecular flexibility index (Phi) is 8.17. The molecular weight excluding hydrogens is 476 g/mol. The smallest absolute Gasteiger partial charge is 0.338 e. The standard InChI is InChI=1S/C27H34N4O6/c1-5-30-21(17-29-12-13-31(18(3)16-29)25(32)22-11-8-14-37-22)23(26(33)36-6-2)24(28-27(30)34)19-9-7-10-20(15-19)35-4/h7-11,14-15,18,24H,5-6,12-13,16-17H2,1-4H3,(H,28,34). The lowest BCUT2D eigenvalue weighted by molar-refractivity contribution is -0.139. The molecule has 2 aliphatic heterocycles. The summed E-state index contributed by atoms with van der Waals surface area (Å²) in [5, 5.41) is 2.98. The van der Waals surface area contributed by atoms with E-state index in [0.717, 1.165) is 5.56 Å². The maximum Gasteiger partial charge on any atom is 0.338 e. The van der Waals surface area contributed by atoms with Crippen molar-refractivity contribution in [3.05, 3.63) is 65.3 Å². The fourth-order valence-corrected chi connectivity index (χ4v) is 4.96. The number of hydrogen-bond donors (Lipinski definition) is 1. The number of carbonyl (C=O) groups is 3. The summed E-state index contributed by atoms with van der Waals surface area (Å²) < 4.78 is 16.1. The van der Waals surface area contributed by atoms with E-state index >= 15 is 0 Å². The van der Waals surface area contributed by atoms with Crippen LogP contribution in [0.4, 0.5) is 4.79 Å². The molecule has 0 radical (unpaired) electrons. The van der Waals surface area contributed by atoms with Gasteiger partial charge in [-0.15, -0.1) is 0 Å². The van der Waals surface area contributed by atoms with Crippen LogP contribution in [0.5, 0.6) is 5.75 Å². The Morgan fingerprint density at radius 2 is 1.97 bits per heavy atom. The summed E-state index contributed by atoms with van der Waals surface area (Å²) in [6, 6.07) is 9.62. The number of likely N-dealkylation sites (N-methyl/N-ethyl adjacent to an activating group) is 1. The highest BCUT2D eigenvalue weighted by atomic mass is 16.5. The average molecular weight is 511 g/mol. The van der Waals surface area contributed by atoms with Crippen LogP contribution in [0.25, 0.3) is 0 Å². The highest BCUT2D eigenvalue weighted by Crippen LogP contribution is 2.33. The first-order chi connectivity index (χ1) is 17.9. The number of benzene rings is 1. The van der Waals surface area contributed by atoms with Crippen molar-refractivity contribution in [2.45, 2.75) is 32.9 Å². The van der Waals surface area contributed by atoms with E-state index in [0.29, 0.717) is 55.5 Å². The maximum atomic E-state index is 13.3. The van der Waals surface area contributed by atoms with Crippen molar-refractivity contribution in [1.82, 2.24) is 20.0 Å². The van der Waals surface area contributed by atoms with Crippen molar-refractivity contribution in [3.8, 4) is 5.75 Å². The van der Waals surface area contributed by atoms with Gasteiger partial charge in [-0.05, 0) is 50.6 Å². The normalized spacial score (nSPS) is 20.6. The Labute approximate surface area is 216 Å². The minimum absolute atomic E-state index is 0.0836. The highest BCUT2D eigenvalue weighted by molar-refractivity contribution is 5.95. The zero-order valence-electron chi connectivity index (χ0n) is 21.7. The Hall–Kier alpha value is -3.79. The Bertz CT molecular complexity index is 1160. The molecule has 1 N–H and O–H groups in total. The quantitative estimate of drug-likeness (QED) is 0.545. The monoisotopic (exact) mass is 510 g/mol. The predicted octanol–water partition coefficient (Wildman–Crippen LogP) is 3.04. The highest BCUT2D eigenvalue weighted by Gasteiger charge is 2.39. The molecule has 3 amide bonds. The first-order valence-electron chi connectivity index (χ1n) is 12.6. The number of piperazine rings is 1. The molecule has 1 aromatic carbocycles. The van der Waals surface area contributed by atoms with Crippen LogP contribution in [-0.2, 0) is 9.53 Å². The van der Waals surface area contributed by atoms with Gasteiger partial charge in [0, 0.05) is 44.5 Å². The van der Waals surface area contributed by atoms with Gasteiger partial charge in [-0.1, -0.05) is 12.1 Å². The maximum absolute atomic E-state index is 13.3. The molecule has 4 rings (SSSR count). The number of furan rings is 1. The van der Waals surface area contributed by atoms with Gasteiger partial charge < -0.3 is 24.1 Å². The number of nitrogens with zero attached hydrogens (tertiary/aromatic N) is 3. The van der Waals surface area contributed by atoms with Gasteiger partial charge in [-0.25, -0.2) is 9.59 Å². The van der Waals surface area contributed by atoms with E-state index < -0.39 is 12.0 Å². The molecule has 0 bridgehead atoms. The summed E-state index contributed by atoms with van der Waals surface area (Å²) in [7, 11) is 1.57. The number of urea groups is 1. The number of ether oxygens (including phenoxy) is 2. The van der Waals surface area contributed by atoms with Gasteiger partial charge in [0.2, 0.25) is 0 Å². The number of amides is 3. The molecule has 3 heterocycles. The number of hydrogen-bond acceptors (Lipinski definition) is 7. The van der Waals surface area contributed by atoms with E-state index in [9.17, 15) is 14.4 Å². The summed E-state index contributed by atoms with van der Waals surface area (Å²) in [5.41, 5.74) is 1.74. The van der Waals surface area contributed by atoms with Gasteiger partial charge >= 0.3 is 12.0 Å². The summed E-state index contributed by atoms with van der Waals surface area (Å²) in [4.78, 5) is 44.9. The third kappa shape index (κ3) is 5.48. The molecule has 0 aliphatic carbocycles. The summed E-state index contributed by atoms with van der Waals surface area (Å²) in [6.07, 6.45) is 1.49. The largest absolute Gasteiger partial charge is 0.497 e. The van der Waals surface area contributed by atoms with Crippen LogP contribution in [0, 0.1) is 0 Å².